The molecule has 0 bridgehead atoms. The number of thioether (sulfide) groups is 1. The monoisotopic (exact) mass is 172 g/mol. The molecular formula is C8H16N2S. The molecule has 2 saturated heterocycles. The van der Waals surface area contributed by atoms with Gasteiger partial charge < -0.3 is 10.6 Å². The Labute approximate surface area is 72.5 Å². The van der Waals surface area contributed by atoms with Gasteiger partial charge in [-0.2, -0.15) is 0 Å². The standard InChI is InChI=1S/C8H16N2S/c1-3-9-4-2-8(1)5-10-7-11-6-8/h9-10H,1-7H2. The minimum Gasteiger partial charge on any atom is -0.317 e. The zero-order valence-electron chi connectivity index (χ0n) is 6.86. The van der Waals surface area contributed by atoms with Crippen molar-refractivity contribution in [2.24, 2.45) is 5.41 Å². The van der Waals surface area contributed by atoms with Gasteiger partial charge in [0.05, 0.1) is 0 Å². The maximum atomic E-state index is 3.48. The van der Waals surface area contributed by atoms with E-state index in [0.29, 0.717) is 5.41 Å². The molecule has 0 aromatic rings. The Kier molecular flexibility index (Phi) is 2.39. The Morgan fingerprint density at radius 1 is 1.09 bits per heavy atom. The topological polar surface area (TPSA) is 24.1 Å². The lowest BCUT2D eigenvalue weighted by atomic mass is 9.80. The number of hydrogen-bond donors (Lipinski definition) is 2. The quantitative estimate of drug-likeness (QED) is 0.561. The molecule has 0 radical (unpaired) electrons. The van der Waals surface area contributed by atoms with E-state index in [4.69, 9.17) is 0 Å². The van der Waals surface area contributed by atoms with Crippen molar-refractivity contribution in [2.75, 3.05) is 31.3 Å². The Balaban J connectivity index is 1.94. The molecule has 3 heteroatoms. The molecule has 2 N–H and O–H groups in total. The first-order chi connectivity index (χ1) is 5.41. The van der Waals surface area contributed by atoms with Crippen molar-refractivity contribution in [1.82, 2.24) is 10.6 Å². The number of nitrogens with one attached hydrogen (secondary N) is 2. The van der Waals surface area contributed by atoms with Crippen LogP contribution in [0.2, 0.25) is 0 Å². The molecule has 2 rings (SSSR count). The van der Waals surface area contributed by atoms with Gasteiger partial charge in [0.25, 0.3) is 0 Å². The average molecular weight is 172 g/mol. The summed E-state index contributed by atoms with van der Waals surface area (Å²) in [5.41, 5.74) is 0.647. The second kappa shape index (κ2) is 3.33. The minimum atomic E-state index is 0.647. The number of hydrogen-bond acceptors (Lipinski definition) is 3. The fourth-order valence-electron chi connectivity index (χ4n) is 1.99. The fraction of sp³-hybridized carbons (Fsp3) is 1.00. The van der Waals surface area contributed by atoms with E-state index in [-0.39, 0.29) is 0 Å². The smallest absolute Gasteiger partial charge is 0.0418 e. The second-order valence-electron chi connectivity index (χ2n) is 3.67. The molecule has 2 aliphatic heterocycles. The van der Waals surface area contributed by atoms with Crippen molar-refractivity contribution < 1.29 is 0 Å². The van der Waals surface area contributed by atoms with Crippen LogP contribution in [0.3, 0.4) is 0 Å². The van der Waals surface area contributed by atoms with Gasteiger partial charge in [0.2, 0.25) is 0 Å². The summed E-state index contributed by atoms with van der Waals surface area (Å²) in [7, 11) is 0. The zero-order valence-corrected chi connectivity index (χ0v) is 7.67. The van der Waals surface area contributed by atoms with Gasteiger partial charge in [-0.15, -0.1) is 11.8 Å². The molecule has 2 nitrogen and oxygen atoms in total. The van der Waals surface area contributed by atoms with E-state index in [9.17, 15) is 0 Å². The highest BCUT2D eigenvalue weighted by Gasteiger charge is 2.33. The van der Waals surface area contributed by atoms with Gasteiger partial charge in [-0.3, -0.25) is 0 Å². The Morgan fingerprint density at radius 3 is 2.55 bits per heavy atom. The molecule has 64 valence electrons. The predicted molar refractivity (Wildman–Crippen MR) is 49.9 cm³/mol. The van der Waals surface area contributed by atoms with Gasteiger partial charge in [0.1, 0.15) is 0 Å². The molecule has 0 saturated carbocycles. The van der Waals surface area contributed by atoms with Crippen LogP contribution in [0.25, 0.3) is 0 Å². The molecule has 2 heterocycles. The molecule has 2 aliphatic rings. The summed E-state index contributed by atoms with van der Waals surface area (Å²) >= 11 is 2.06. The van der Waals surface area contributed by atoms with Crippen LogP contribution in [0, 0.1) is 5.41 Å². The molecule has 0 unspecified atom stereocenters. The van der Waals surface area contributed by atoms with Crippen LogP contribution in [0.1, 0.15) is 12.8 Å². The third-order valence-electron chi connectivity index (χ3n) is 2.78. The number of rotatable bonds is 0. The third kappa shape index (κ3) is 1.71. The molecule has 0 amide bonds. The van der Waals surface area contributed by atoms with Crippen molar-refractivity contribution in [2.45, 2.75) is 12.8 Å². The first kappa shape index (κ1) is 7.90. The molecule has 11 heavy (non-hydrogen) atoms. The fourth-order valence-corrected chi connectivity index (χ4v) is 3.16. The maximum Gasteiger partial charge on any atom is 0.0418 e. The molecule has 2 fully saturated rings. The SMILES string of the molecule is C1CC2(CCN1)CNCSC2. The highest BCUT2D eigenvalue weighted by molar-refractivity contribution is 7.99. The summed E-state index contributed by atoms with van der Waals surface area (Å²) in [5.74, 6) is 2.54. The molecule has 0 aromatic heterocycles. The summed E-state index contributed by atoms with van der Waals surface area (Å²) in [4.78, 5) is 0. The third-order valence-corrected chi connectivity index (χ3v) is 4.00. The van der Waals surface area contributed by atoms with Gasteiger partial charge >= 0.3 is 0 Å². The van der Waals surface area contributed by atoms with Gasteiger partial charge in [-0.25, -0.2) is 0 Å². The van der Waals surface area contributed by atoms with Crippen molar-refractivity contribution in [3.8, 4) is 0 Å². The summed E-state index contributed by atoms with van der Waals surface area (Å²) in [6, 6.07) is 0. The van der Waals surface area contributed by atoms with Gasteiger partial charge in [-0.05, 0) is 31.3 Å². The van der Waals surface area contributed by atoms with Crippen LogP contribution >= 0.6 is 11.8 Å². The van der Waals surface area contributed by atoms with Crippen LogP contribution in [-0.2, 0) is 0 Å². The summed E-state index contributed by atoms with van der Waals surface area (Å²) in [6.07, 6.45) is 2.74. The largest absolute Gasteiger partial charge is 0.317 e. The van der Waals surface area contributed by atoms with Crippen molar-refractivity contribution in [3.63, 3.8) is 0 Å². The van der Waals surface area contributed by atoms with Crippen molar-refractivity contribution >= 4 is 11.8 Å². The van der Waals surface area contributed by atoms with Gasteiger partial charge in [-0.1, -0.05) is 0 Å². The van der Waals surface area contributed by atoms with E-state index in [1.807, 2.05) is 0 Å². The minimum absolute atomic E-state index is 0.647. The van der Waals surface area contributed by atoms with E-state index in [0.717, 1.165) is 5.88 Å². The lowest BCUT2D eigenvalue weighted by Crippen LogP contribution is -2.47. The van der Waals surface area contributed by atoms with Crippen LogP contribution in [-0.4, -0.2) is 31.3 Å². The highest BCUT2D eigenvalue weighted by Crippen LogP contribution is 2.34. The predicted octanol–water partition coefficient (Wildman–Crippen LogP) is 0.650. The summed E-state index contributed by atoms with van der Waals surface area (Å²) < 4.78 is 0. The molecule has 1 spiro atoms. The first-order valence-corrected chi connectivity index (χ1v) is 5.56. The molecular weight excluding hydrogens is 156 g/mol. The molecule has 0 atom stereocenters. The highest BCUT2D eigenvalue weighted by atomic mass is 32.2. The summed E-state index contributed by atoms with van der Waals surface area (Å²) in [5, 5.41) is 6.90. The zero-order chi connectivity index (χ0) is 7.57. The molecule has 0 aromatic carbocycles. The van der Waals surface area contributed by atoms with E-state index in [1.54, 1.807) is 0 Å². The first-order valence-electron chi connectivity index (χ1n) is 4.41. The van der Waals surface area contributed by atoms with Crippen molar-refractivity contribution in [3.05, 3.63) is 0 Å². The van der Waals surface area contributed by atoms with E-state index in [2.05, 4.69) is 22.4 Å². The van der Waals surface area contributed by atoms with Gasteiger partial charge in [0.15, 0.2) is 0 Å². The van der Waals surface area contributed by atoms with Crippen LogP contribution < -0.4 is 10.6 Å². The van der Waals surface area contributed by atoms with Gasteiger partial charge in [0, 0.05) is 18.2 Å². The lowest BCUT2D eigenvalue weighted by Gasteiger charge is -2.40. The average Bonchev–Trinajstić information content (AvgIpc) is 2.07. The Bertz CT molecular complexity index is 107. The van der Waals surface area contributed by atoms with Crippen molar-refractivity contribution in [1.29, 1.82) is 0 Å². The molecule has 0 aliphatic carbocycles. The van der Waals surface area contributed by atoms with E-state index >= 15 is 0 Å². The maximum absolute atomic E-state index is 3.48. The van der Waals surface area contributed by atoms with E-state index in [1.165, 1.54) is 38.2 Å². The van der Waals surface area contributed by atoms with Crippen LogP contribution in [0.15, 0.2) is 0 Å². The second-order valence-corrected chi connectivity index (χ2v) is 4.66. The van der Waals surface area contributed by atoms with Crippen LogP contribution in [0.4, 0.5) is 0 Å². The lowest BCUT2D eigenvalue weighted by molar-refractivity contribution is 0.225. The Morgan fingerprint density at radius 2 is 1.91 bits per heavy atom. The normalized spacial score (nSPS) is 30.5. The number of piperidine rings is 1. The van der Waals surface area contributed by atoms with E-state index < -0.39 is 0 Å². The van der Waals surface area contributed by atoms with Crippen LogP contribution in [0.5, 0.6) is 0 Å². The Hall–Kier alpha value is 0.270. The summed E-state index contributed by atoms with van der Waals surface area (Å²) in [6.45, 7) is 3.70.